The second-order valence-corrected chi connectivity index (χ2v) is 4.45. The molecule has 11 heavy (non-hydrogen) atoms. The zero-order valence-electron chi connectivity index (χ0n) is 6.86. The smallest absolute Gasteiger partial charge is 0.154 e. The van der Waals surface area contributed by atoms with Crippen molar-refractivity contribution < 1.29 is 10.2 Å². The Morgan fingerprint density at radius 2 is 1.82 bits per heavy atom. The molecular formula is C8H16O2S. The Hall–Kier alpha value is 0.270. The summed E-state index contributed by atoms with van der Waals surface area (Å²) in [5.41, 5.74) is 0. The van der Waals surface area contributed by atoms with Gasteiger partial charge >= 0.3 is 0 Å². The SMILES string of the molecule is CC(C(O)O)C1CCSCC1. The van der Waals surface area contributed by atoms with Gasteiger partial charge in [-0.05, 0) is 30.3 Å². The van der Waals surface area contributed by atoms with Crippen LogP contribution in [-0.4, -0.2) is 28.0 Å². The van der Waals surface area contributed by atoms with Gasteiger partial charge in [0.15, 0.2) is 6.29 Å². The molecule has 0 saturated carbocycles. The molecule has 66 valence electrons. The van der Waals surface area contributed by atoms with E-state index in [9.17, 15) is 0 Å². The van der Waals surface area contributed by atoms with Gasteiger partial charge in [0.2, 0.25) is 0 Å². The fraction of sp³-hybridized carbons (Fsp3) is 1.00. The Morgan fingerprint density at radius 3 is 2.27 bits per heavy atom. The normalized spacial score (nSPS) is 24.0. The van der Waals surface area contributed by atoms with Crippen LogP contribution in [0.25, 0.3) is 0 Å². The highest BCUT2D eigenvalue weighted by atomic mass is 32.2. The predicted molar refractivity (Wildman–Crippen MR) is 47.4 cm³/mol. The molecular weight excluding hydrogens is 160 g/mol. The molecule has 2 nitrogen and oxygen atoms in total. The topological polar surface area (TPSA) is 40.5 Å². The average molecular weight is 176 g/mol. The van der Waals surface area contributed by atoms with Crippen molar-refractivity contribution in [2.45, 2.75) is 26.1 Å². The predicted octanol–water partition coefficient (Wildman–Crippen LogP) is 1.08. The Bertz CT molecular complexity index is 111. The molecule has 0 aromatic rings. The van der Waals surface area contributed by atoms with E-state index < -0.39 is 6.29 Å². The molecule has 1 aliphatic rings. The monoisotopic (exact) mass is 176 g/mol. The second kappa shape index (κ2) is 4.33. The van der Waals surface area contributed by atoms with Crippen molar-refractivity contribution in [3.63, 3.8) is 0 Å². The highest BCUT2D eigenvalue weighted by Gasteiger charge is 2.24. The number of hydrogen-bond acceptors (Lipinski definition) is 3. The fourth-order valence-corrected chi connectivity index (χ4v) is 2.63. The summed E-state index contributed by atoms with van der Waals surface area (Å²) in [6.07, 6.45) is 1.16. The van der Waals surface area contributed by atoms with Gasteiger partial charge in [-0.25, -0.2) is 0 Å². The Labute approximate surface area is 72.0 Å². The van der Waals surface area contributed by atoms with Crippen LogP contribution in [0.5, 0.6) is 0 Å². The van der Waals surface area contributed by atoms with E-state index in [0.717, 1.165) is 12.8 Å². The number of aliphatic hydroxyl groups is 2. The second-order valence-electron chi connectivity index (χ2n) is 3.22. The minimum atomic E-state index is -1.12. The maximum atomic E-state index is 8.92. The summed E-state index contributed by atoms with van der Waals surface area (Å²) in [6, 6.07) is 0. The number of thioether (sulfide) groups is 1. The summed E-state index contributed by atoms with van der Waals surface area (Å²) < 4.78 is 0. The molecule has 0 spiro atoms. The fourth-order valence-electron chi connectivity index (χ4n) is 1.49. The van der Waals surface area contributed by atoms with Crippen LogP contribution < -0.4 is 0 Å². The van der Waals surface area contributed by atoms with Gasteiger partial charge in [0.1, 0.15) is 0 Å². The van der Waals surface area contributed by atoms with Crippen molar-refractivity contribution in [1.82, 2.24) is 0 Å². The summed E-state index contributed by atoms with van der Waals surface area (Å²) in [6.45, 7) is 1.92. The van der Waals surface area contributed by atoms with Gasteiger partial charge in [-0.2, -0.15) is 11.8 Å². The van der Waals surface area contributed by atoms with Crippen LogP contribution in [0, 0.1) is 11.8 Å². The van der Waals surface area contributed by atoms with Crippen molar-refractivity contribution >= 4 is 11.8 Å². The van der Waals surface area contributed by atoms with Crippen LogP contribution in [0.15, 0.2) is 0 Å². The van der Waals surface area contributed by atoms with E-state index >= 15 is 0 Å². The molecule has 0 radical (unpaired) electrons. The van der Waals surface area contributed by atoms with E-state index in [1.54, 1.807) is 0 Å². The summed E-state index contributed by atoms with van der Waals surface area (Å²) in [7, 11) is 0. The number of hydrogen-bond donors (Lipinski definition) is 2. The summed E-state index contributed by atoms with van der Waals surface area (Å²) in [4.78, 5) is 0. The van der Waals surface area contributed by atoms with Crippen LogP contribution in [0.2, 0.25) is 0 Å². The molecule has 1 unspecified atom stereocenters. The lowest BCUT2D eigenvalue weighted by atomic mass is 9.88. The lowest BCUT2D eigenvalue weighted by Crippen LogP contribution is -2.27. The maximum Gasteiger partial charge on any atom is 0.154 e. The van der Waals surface area contributed by atoms with E-state index in [1.807, 2.05) is 18.7 Å². The van der Waals surface area contributed by atoms with E-state index in [0.29, 0.717) is 5.92 Å². The average Bonchev–Trinajstić information content (AvgIpc) is 2.05. The Morgan fingerprint density at radius 1 is 1.27 bits per heavy atom. The molecule has 1 rings (SSSR count). The molecule has 1 fully saturated rings. The van der Waals surface area contributed by atoms with Crippen LogP contribution in [0.4, 0.5) is 0 Å². The van der Waals surface area contributed by atoms with Crippen molar-refractivity contribution in [3.8, 4) is 0 Å². The lowest BCUT2D eigenvalue weighted by Gasteiger charge is -2.28. The minimum absolute atomic E-state index is 0.0518. The molecule has 1 atom stereocenters. The largest absolute Gasteiger partial charge is 0.368 e. The minimum Gasteiger partial charge on any atom is -0.368 e. The zero-order chi connectivity index (χ0) is 8.27. The highest BCUT2D eigenvalue weighted by molar-refractivity contribution is 7.99. The van der Waals surface area contributed by atoms with Crippen molar-refractivity contribution in [3.05, 3.63) is 0 Å². The van der Waals surface area contributed by atoms with E-state index in [2.05, 4.69) is 0 Å². The molecule has 0 aliphatic carbocycles. The summed E-state index contributed by atoms with van der Waals surface area (Å²) in [5, 5.41) is 17.8. The van der Waals surface area contributed by atoms with Gasteiger partial charge < -0.3 is 10.2 Å². The van der Waals surface area contributed by atoms with E-state index in [1.165, 1.54) is 11.5 Å². The van der Waals surface area contributed by atoms with Gasteiger partial charge in [0.05, 0.1) is 0 Å². The third-order valence-electron chi connectivity index (χ3n) is 2.48. The van der Waals surface area contributed by atoms with E-state index in [4.69, 9.17) is 10.2 Å². The molecule has 1 aliphatic heterocycles. The quantitative estimate of drug-likeness (QED) is 0.618. The summed E-state index contributed by atoms with van der Waals surface area (Å²) in [5.74, 6) is 2.94. The molecule has 2 N–H and O–H groups in total. The van der Waals surface area contributed by atoms with Crippen molar-refractivity contribution in [2.24, 2.45) is 11.8 Å². The Kier molecular flexibility index (Phi) is 3.69. The molecule has 0 aromatic heterocycles. The van der Waals surface area contributed by atoms with Crippen molar-refractivity contribution in [1.29, 1.82) is 0 Å². The maximum absolute atomic E-state index is 8.92. The third kappa shape index (κ3) is 2.65. The molecule has 1 heterocycles. The molecule has 0 bridgehead atoms. The highest BCUT2D eigenvalue weighted by Crippen LogP contribution is 2.29. The lowest BCUT2D eigenvalue weighted by molar-refractivity contribution is -0.0952. The van der Waals surface area contributed by atoms with Gasteiger partial charge in [-0.1, -0.05) is 6.92 Å². The zero-order valence-corrected chi connectivity index (χ0v) is 7.68. The van der Waals surface area contributed by atoms with Gasteiger partial charge in [0, 0.05) is 5.92 Å². The summed E-state index contributed by atoms with van der Waals surface area (Å²) >= 11 is 1.96. The van der Waals surface area contributed by atoms with Crippen LogP contribution in [0.1, 0.15) is 19.8 Å². The van der Waals surface area contributed by atoms with Gasteiger partial charge in [-0.15, -0.1) is 0 Å². The molecule has 1 saturated heterocycles. The first-order valence-corrected chi connectivity index (χ1v) is 5.31. The molecule has 0 amide bonds. The van der Waals surface area contributed by atoms with Crippen LogP contribution in [-0.2, 0) is 0 Å². The van der Waals surface area contributed by atoms with Gasteiger partial charge in [-0.3, -0.25) is 0 Å². The van der Waals surface area contributed by atoms with E-state index in [-0.39, 0.29) is 5.92 Å². The molecule has 0 aromatic carbocycles. The van der Waals surface area contributed by atoms with Gasteiger partial charge in [0.25, 0.3) is 0 Å². The first kappa shape index (κ1) is 9.36. The molecule has 3 heteroatoms. The third-order valence-corrected chi connectivity index (χ3v) is 3.53. The number of rotatable bonds is 2. The first-order chi connectivity index (χ1) is 5.22. The van der Waals surface area contributed by atoms with Crippen LogP contribution >= 0.6 is 11.8 Å². The Balaban J connectivity index is 2.32. The number of aliphatic hydroxyl groups excluding tert-OH is 1. The standard InChI is InChI=1S/C8H16O2S/c1-6(8(9)10)7-2-4-11-5-3-7/h6-10H,2-5H2,1H3. The van der Waals surface area contributed by atoms with Crippen molar-refractivity contribution in [2.75, 3.05) is 11.5 Å². The van der Waals surface area contributed by atoms with Crippen LogP contribution in [0.3, 0.4) is 0 Å². The first-order valence-electron chi connectivity index (χ1n) is 4.15.